The molecule has 0 spiro atoms. The number of benzene rings is 4. The molecule has 4 aromatic rings. The van der Waals surface area contributed by atoms with Crippen LogP contribution in [0.1, 0.15) is 278 Å². The summed E-state index contributed by atoms with van der Waals surface area (Å²) in [6.45, 7) is 16.7. The Morgan fingerprint density at radius 2 is 0.521 bits per heavy atom. The Labute approximate surface area is 847 Å². The minimum atomic E-state index is -0.897. The molecule has 144 heavy (non-hydrogen) atoms. The lowest BCUT2D eigenvalue weighted by Crippen LogP contribution is -2.61. The number of ether oxygens (including phenoxy) is 12. The van der Waals surface area contributed by atoms with Crippen LogP contribution in [0.5, 0.6) is 0 Å². The summed E-state index contributed by atoms with van der Waals surface area (Å²) in [6, 6.07) is 38.7. The highest BCUT2D eigenvalue weighted by Crippen LogP contribution is 2.69. The molecule has 4 aromatic carbocycles. The van der Waals surface area contributed by atoms with E-state index in [1.54, 1.807) is 31.2 Å². The lowest BCUT2D eigenvalue weighted by molar-refractivity contribution is -0.230. The van der Waals surface area contributed by atoms with Crippen LogP contribution in [0.3, 0.4) is 0 Å². The molecule has 9 aliphatic heterocycles. The standard InChI is InChI=1S/C30H37NO7.3C29H36O6.CH4/c1-19-9-11-23-27(19)28(37-25(34)12-10-21-7-5-4-6-8-21)30(22-13-15-31(16-14-22)20(2)33)17-24(29(23,3)38-30)36-26(35)18-32;3*1-19-13-15-22-26(19)27(34-24(31)16-14-20-9-5-3-6-10-20)29(21-11-7-4-8-12-21)17-23(28(22,2)35-29)33-25(32)18-30;/h4-8,10,12,22-24,28,32H,9,11,13-18H2,1-3H3;3*3,5-6,9-10,14,16,21-23,27,30H,4,7-8,11-13,15,17-18H2,1-2H3;1H4/b12-10+;3*16-14+;. The van der Waals surface area contributed by atoms with Crippen LogP contribution < -0.4 is 0 Å². The van der Waals surface area contributed by atoms with Crippen LogP contribution in [0.2, 0.25) is 0 Å². The zero-order valence-corrected chi connectivity index (χ0v) is 84.5. The van der Waals surface area contributed by atoms with Crippen molar-refractivity contribution in [1.82, 2.24) is 4.90 Å². The fraction of sp³-hybridized carbons (Fsp3) is 0.585. The van der Waals surface area contributed by atoms with Gasteiger partial charge < -0.3 is 82.2 Å². The zero-order chi connectivity index (χ0) is 101. The number of likely N-dealkylation sites (tertiary alicyclic amines) is 1. The molecule has 776 valence electrons. The predicted molar refractivity (Wildman–Crippen MR) is 540 cm³/mol. The maximum Gasteiger partial charge on any atom is 0.332 e. The van der Waals surface area contributed by atoms with Crippen molar-refractivity contribution in [3.05, 3.63) is 212 Å². The smallest absolute Gasteiger partial charge is 0.332 e. The maximum absolute atomic E-state index is 13.2. The van der Waals surface area contributed by atoms with Gasteiger partial charge >= 0.3 is 47.8 Å². The van der Waals surface area contributed by atoms with Gasteiger partial charge in [-0.25, -0.2) is 38.4 Å². The van der Waals surface area contributed by atoms with Gasteiger partial charge in [0.2, 0.25) is 5.91 Å². The summed E-state index contributed by atoms with van der Waals surface area (Å²) in [5, 5.41) is 37.6. The van der Waals surface area contributed by atoms with Gasteiger partial charge in [0.05, 0.1) is 0 Å². The number of fused-ring (bicyclic) bond motifs is 16. The quantitative estimate of drug-likeness (QED) is 0.0219. The molecule has 1 amide bonds. The Morgan fingerprint density at radius 1 is 0.312 bits per heavy atom. The topological polar surface area (TPSA) is 349 Å². The van der Waals surface area contributed by atoms with E-state index in [4.69, 9.17) is 56.8 Å². The summed E-state index contributed by atoms with van der Waals surface area (Å²) in [6.07, 6.45) is 35.3. The predicted octanol–water partition coefficient (Wildman–Crippen LogP) is 18.3. The normalized spacial score (nSPS) is 34.0. The zero-order valence-electron chi connectivity index (χ0n) is 84.5. The van der Waals surface area contributed by atoms with E-state index in [0.717, 1.165) is 173 Å². The molecular formula is C118H149NO25. The number of aliphatic hydroxyl groups is 4. The van der Waals surface area contributed by atoms with Crippen molar-refractivity contribution in [2.75, 3.05) is 39.5 Å². The van der Waals surface area contributed by atoms with Crippen molar-refractivity contribution in [3.63, 3.8) is 0 Å². The molecule has 26 nitrogen and oxygen atoms in total. The van der Waals surface area contributed by atoms with Gasteiger partial charge in [-0.2, -0.15) is 0 Å². The summed E-state index contributed by atoms with van der Waals surface area (Å²) >= 11 is 0. The van der Waals surface area contributed by atoms with Crippen LogP contribution in [0.25, 0.3) is 24.3 Å². The number of allylic oxidation sites excluding steroid dienone is 4. The van der Waals surface area contributed by atoms with Crippen LogP contribution in [0.15, 0.2) is 190 Å². The minimum Gasteiger partial charge on any atom is -0.457 e. The number of carbonyl (C=O) groups is 9. The van der Waals surface area contributed by atoms with Crippen molar-refractivity contribution in [2.45, 2.75) is 350 Å². The second kappa shape index (κ2) is 44.8. The van der Waals surface area contributed by atoms with Crippen LogP contribution >= 0.6 is 0 Å². The molecule has 0 aromatic heterocycles. The van der Waals surface area contributed by atoms with Gasteiger partial charge in [-0.1, -0.05) is 209 Å². The second-order valence-electron chi connectivity index (χ2n) is 43.7. The first-order valence-electron chi connectivity index (χ1n) is 52.6. The lowest BCUT2D eigenvalue weighted by Gasteiger charge is -2.52. The largest absolute Gasteiger partial charge is 0.457 e. The van der Waals surface area contributed by atoms with Crippen molar-refractivity contribution in [1.29, 1.82) is 0 Å². The number of esters is 8. The number of rotatable bonds is 24. The number of amides is 1. The van der Waals surface area contributed by atoms with Crippen molar-refractivity contribution in [2.24, 2.45) is 47.3 Å². The monoisotopic (exact) mass is 1980 g/mol. The molecule has 4 N–H and O–H groups in total. The lowest BCUT2D eigenvalue weighted by atomic mass is 9.69. The van der Waals surface area contributed by atoms with Crippen molar-refractivity contribution < 1.29 is 120 Å². The van der Waals surface area contributed by atoms with Gasteiger partial charge in [-0.05, 0) is 251 Å². The molecule has 20 unspecified atom stereocenters. The molecule has 12 fully saturated rings. The van der Waals surface area contributed by atoms with E-state index in [1.165, 1.54) is 65.9 Å². The highest BCUT2D eigenvalue weighted by molar-refractivity contribution is 5.90. The Hall–Kier alpha value is -10.3. The summed E-state index contributed by atoms with van der Waals surface area (Å²) in [5.41, 5.74) is 7.24. The Morgan fingerprint density at radius 3 is 0.722 bits per heavy atom. The number of aliphatic hydroxyl groups excluding tert-OH is 4. The third kappa shape index (κ3) is 21.0. The highest BCUT2D eigenvalue weighted by atomic mass is 16.7. The van der Waals surface area contributed by atoms with E-state index in [0.29, 0.717) is 51.6 Å². The molecule has 3 saturated carbocycles. The maximum atomic E-state index is 13.2. The molecule has 7 aliphatic carbocycles. The Kier molecular flexibility index (Phi) is 33.1. The van der Waals surface area contributed by atoms with Gasteiger partial charge in [0.15, 0.2) is 24.4 Å². The molecule has 9 heterocycles. The van der Waals surface area contributed by atoms with E-state index in [-0.39, 0.29) is 78.6 Å². The van der Waals surface area contributed by atoms with Gasteiger partial charge in [-0.15, -0.1) is 0 Å². The van der Waals surface area contributed by atoms with E-state index in [9.17, 15) is 63.6 Å². The number of carbonyl (C=O) groups excluding carboxylic acids is 9. The molecular weight excluding hydrogens is 1830 g/mol. The SMILES string of the molecule is C.CC(=O)N1CCC(C23CC(OC(=O)CO)C(C)(O2)C2CCC(C)=C2C3OC(=O)/C=C/c2ccccc2)CC1.CC1=C2C(CC1)C1(C)OC(C3CCCCC3)(CC1OC(=O)CO)C2OC(=O)/C=C/c1ccccc1.CC1=C2C(CC1)C1(C)OC(C3CCCCC3)(CC1OC(=O)CO)C2OC(=O)/C=C/c1ccccc1.CC1=C2C(CC1)C1(C)OC(C3CCCCC3)(CC1OC(=O)CO)C2OC(=O)/C=C/c1ccccc1. The third-order valence-corrected chi connectivity index (χ3v) is 35.5. The van der Waals surface area contributed by atoms with E-state index >= 15 is 0 Å². The fourth-order valence-corrected chi connectivity index (χ4v) is 28.7. The average molecular weight is 1980 g/mol. The molecule has 20 rings (SSSR count). The first-order chi connectivity index (χ1) is 68.8. The van der Waals surface area contributed by atoms with Crippen LogP contribution in [0.4, 0.5) is 0 Å². The van der Waals surface area contributed by atoms with Crippen LogP contribution in [-0.2, 0) is 100.0 Å². The summed E-state index contributed by atoms with van der Waals surface area (Å²) in [4.78, 5) is 115. The minimum absolute atomic E-state index is 0. The van der Waals surface area contributed by atoms with Gasteiger partial charge in [0.1, 0.15) is 95.7 Å². The van der Waals surface area contributed by atoms with Crippen LogP contribution in [0, 0.1) is 47.3 Å². The fourth-order valence-electron chi connectivity index (χ4n) is 28.7. The van der Waals surface area contributed by atoms with Crippen molar-refractivity contribution in [3.8, 4) is 0 Å². The summed E-state index contributed by atoms with van der Waals surface area (Å²) < 4.78 is 76.5. The van der Waals surface area contributed by atoms with Gasteiger partial charge in [0, 0.05) is 93.7 Å². The number of hydrogen-bond donors (Lipinski definition) is 4. The number of hydrogen-bond acceptors (Lipinski definition) is 25. The van der Waals surface area contributed by atoms with E-state index < -0.39 is 150 Å². The molecule has 8 bridgehead atoms. The summed E-state index contributed by atoms with van der Waals surface area (Å²) in [7, 11) is 0. The molecule has 20 atom stereocenters. The van der Waals surface area contributed by atoms with E-state index in [2.05, 4.69) is 27.7 Å². The average Bonchev–Trinajstić information content (AvgIpc) is 1.55. The van der Waals surface area contributed by atoms with Crippen LogP contribution in [-0.4, -0.2) is 212 Å². The Bertz CT molecular complexity index is 5180. The van der Waals surface area contributed by atoms with Crippen molar-refractivity contribution >= 4 is 78.0 Å². The molecule has 0 radical (unpaired) electrons. The molecule has 26 heteroatoms. The number of nitrogens with zero attached hydrogens (tertiary/aromatic N) is 1. The van der Waals surface area contributed by atoms with Gasteiger partial charge in [0.25, 0.3) is 0 Å². The van der Waals surface area contributed by atoms with Gasteiger partial charge in [-0.3, -0.25) is 4.79 Å². The Balaban J connectivity index is 0.000000137. The molecule has 16 aliphatic rings. The summed E-state index contributed by atoms with van der Waals surface area (Å²) in [5.74, 6) is -3.56. The highest BCUT2D eigenvalue weighted by Gasteiger charge is 2.76. The molecule has 9 saturated heterocycles. The number of piperidine rings is 1. The third-order valence-electron chi connectivity index (χ3n) is 35.5. The first-order valence-corrected chi connectivity index (χ1v) is 52.6. The second-order valence-corrected chi connectivity index (χ2v) is 43.7. The first kappa shape index (κ1) is 106. The van der Waals surface area contributed by atoms with E-state index in [1.807, 2.05) is 154 Å².